The molecule has 1 aromatic carbocycles. The fourth-order valence-corrected chi connectivity index (χ4v) is 3.20. The van der Waals surface area contributed by atoms with Crippen LogP contribution in [0.15, 0.2) is 18.2 Å². The molecular weight excluding hydrogens is 266 g/mol. The van der Waals surface area contributed by atoms with Crippen molar-refractivity contribution >= 4 is 11.6 Å². The molecule has 2 fully saturated rings. The molecule has 0 spiro atoms. The first-order valence-electron chi connectivity index (χ1n) is 7.51. The standard InChI is InChI=1S/C17H21NO3/c1-17(2)8-7-14(19)15(16(17)20)13-9-11(21-18)5-6-12(13)10-3-4-10/h5-6,9-10,15H,3-4,7-8,18H2,1-2H3. The summed E-state index contributed by atoms with van der Waals surface area (Å²) < 4.78 is 0. The van der Waals surface area contributed by atoms with E-state index in [1.807, 2.05) is 19.9 Å². The number of benzene rings is 1. The van der Waals surface area contributed by atoms with Gasteiger partial charge in [-0.1, -0.05) is 19.9 Å². The number of Topliss-reactive ketones (excluding diaryl/α,β-unsaturated/α-hetero) is 2. The van der Waals surface area contributed by atoms with Crippen molar-refractivity contribution in [2.75, 3.05) is 0 Å². The van der Waals surface area contributed by atoms with Gasteiger partial charge in [0.25, 0.3) is 0 Å². The molecule has 2 saturated carbocycles. The zero-order chi connectivity index (χ0) is 15.2. The summed E-state index contributed by atoms with van der Waals surface area (Å²) in [6.07, 6.45) is 3.33. The lowest BCUT2D eigenvalue weighted by Gasteiger charge is -2.33. The normalized spacial score (nSPS) is 25.0. The van der Waals surface area contributed by atoms with Crippen molar-refractivity contribution in [3.63, 3.8) is 0 Å². The highest BCUT2D eigenvalue weighted by Crippen LogP contribution is 2.47. The Kier molecular flexibility index (Phi) is 3.36. The minimum absolute atomic E-state index is 0.0230. The van der Waals surface area contributed by atoms with Crippen molar-refractivity contribution in [1.82, 2.24) is 0 Å². The van der Waals surface area contributed by atoms with E-state index in [4.69, 9.17) is 10.7 Å². The average molecular weight is 287 g/mol. The molecular formula is C17H21NO3. The van der Waals surface area contributed by atoms with E-state index in [9.17, 15) is 9.59 Å². The van der Waals surface area contributed by atoms with E-state index < -0.39 is 11.3 Å². The summed E-state index contributed by atoms with van der Waals surface area (Å²) in [6.45, 7) is 3.85. The van der Waals surface area contributed by atoms with Gasteiger partial charge in [-0.3, -0.25) is 9.59 Å². The maximum absolute atomic E-state index is 12.8. The Morgan fingerprint density at radius 3 is 2.52 bits per heavy atom. The van der Waals surface area contributed by atoms with Crippen LogP contribution in [-0.2, 0) is 9.59 Å². The van der Waals surface area contributed by atoms with Gasteiger partial charge in [0.1, 0.15) is 17.5 Å². The van der Waals surface area contributed by atoms with E-state index >= 15 is 0 Å². The van der Waals surface area contributed by atoms with Gasteiger partial charge in [-0.15, -0.1) is 0 Å². The van der Waals surface area contributed by atoms with Gasteiger partial charge in [-0.25, -0.2) is 0 Å². The molecule has 2 N–H and O–H groups in total. The van der Waals surface area contributed by atoms with Gasteiger partial charge >= 0.3 is 0 Å². The zero-order valence-corrected chi connectivity index (χ0v) is 12.5. The predicted molar refractivity (Wildman–Crippen MR) is 79.0 cm³/mol. The fourth-order valence-electron chi connectivity index (χ4n) is 3.20. The SMILES string of the molecule is CC1(C)CCC(=O)C(c2cc(ON)ccc2C2CC2)C1=O. The van der Waals surface area contributed by atoms with Gasteiger partial charge in [0.05, 0.1) is 0 Å². The second-order valence-electron chi connectivity index (χ2n) is 6.83. The molecule has 2 aliphatic carbocycles. The average Bonchev–Trinajstić information content (AvgIpc) is 3.28. The van der Waals surface area contributed by atoms with E-state index in [1.54, 1.807) is 12.1 Å². The molecule has 0 saturated heterocycles. The molecule has 2 aliphatic rings. The summed E-state index contributed by atoms with van der Waals surface area (Å²) in [7, 11) is 0. The van der Waals surface area contributed by atoms with Gasteiger partial charge in [-0.2, -0.15) is 5.90 Å². The van der Waals surface area contributed by atoms with Crippen molar-refractivity contribution in [3.05, 3.63) is 29.3 Å². The van der Waals surface area contributed by atoms with Crippen LogP contribution in [0, 0.1) is 5.41 Å². The monoisotopic (exact) mass is 287 g/mol. The summed E-state index contributed by atoms with van der Waals surface area (Å²) in [5, 5.41) is 0. The third-order valence-corrected chi connectivity index (χ3v) is 4.77. The minimum atomic E-state index is -0.653. The molecule has 0 aromatic heterocycles. The molecule has 0 radical (unpaired) electrons. The van der Waals surface area contributed by atoms with Crippen LogP contribution in [0.1, 0.15) is 62.5 Å². The Hall–Kier alpha value is -1.68. The third kappa shape index (κ3) is 2.48. The maximum atomic E-state index is 12.8. The zero-order valence-electron chi connectivity index (χ0n) is 12.5. The summed E-state index contributed by atoms with van der Waals surface area (Å²) in [5.74, 6) is 5.60. The Balaban J connectivity index is 2.08. The molecule has 0 amide bonds. The molecule has 0 heterocycles. The highest BCUT2D eigenvalue weighted by Gasteiger charge is 2.44. The van der Waals surface area contributed by atoms with Crippen molar-refractivity contribution < 1.29 is 14.4 Å². The van der Waals surface area contributed by atoms with Crippen LogP contribution in [0.3, 0.4) is 0 Å². The van der Waals surface area contributed by atoms with Crippen molar-refractivity contribution in [2.45, 2.75) is 51.4 Å². The molecule has 1 aromatic rings. The quantitative estimate of drug-likeness (QED) is 0.685. The van der Waals surface area contributed by atoms with E-state index in [-0.39, 0.29) is 11.6 Å². The van der Waals surface area contributed by atoms with Crippen molar-refractivity contribution in [1.29, 1.82) is 0 Å². The summed E-state index contributed by atoms with van der Waals surface area (Å²) >= 11 is 0. The van der Waals surface area contributed by atoms with Crippen LogP contribution in [-0.4, -0.2) is 11.6 Å². The molecule has 4 nitrogen and oxygen atoms in total. The fraction of sp³-hybridized carbons (Fsp3) is 0.529. The summed E-state index contributed by atoms with van der Waals surface area (Å²) in [5.41, 5.74) is 1.47. The van der Waals surface area contributed by atoms with Crippen LogP contribution in [0.4, 0.5) is 0 Å². The lowest BCUT2D eigenvalue weighted by Crippen LogP contribution is -2.39. The van der Waals surface area contributed by atoms with Gasteiger partial charge < -0.3 is 4.84 Å². The smallest absolute Gasteiger partial charge is 0.153 e. The van der Waals surface area contributed by atoms with Gasteiger partial charge in [-0.05, 0) is 48.4 Å². The van der Waals surface area contributed by atoms with E-state index in [0.717, 1.165) is 24.0 Å². The molecule has 0 bridgehead atoms. The second kappa shape index (κ2) is 4.95. The highest BCUT2D eigenvalue weighted by molar-refractivity contribution is 6.12. The molecule has 1 unspecified atom stereocenters. The third-order valence-electron chi connectivity index (χ3n) is 4.77. The maximum Gasteiger partial charge on any atom is 0.153 e. The molecule has 1 atom stereocenters. The van der Waals surface area contributed by atoms with Crippen molar-refractivity contribution in [2.24, 2.45) is 11.3 Å². The van der Waals surface area contributed by atoms with Crippen LogP contribution < -0.4 is 10.7 Å². The lowest BCUT2D eigenvalue weighted by atomic mass is 9.67. The number of carbonyl (C=O) groups is 2. The largest absolute Gasteiger partial charge is 0.412 e. The van der Waals surface area contributed by atoms with E-state index in [0.29, 0.717) is 24.5 Å². The lowest BCUT2D eigenvalue weighted by molar-refractivity contribution is -0.139. The Labute approximate surface area is 124 Å². The van der Waals surface area contributed by atoms with Gasteiger partial charge in [0.15, 0.2) is 5.78 Å². The van der Waals surface area contributed by atoms with E-state index in [2.05, 4.69) is 0 Å². The van der Waals surface area contributed by atoms with Crippen LogP contribution in [0.25, 0.3) is 0 Å². The first-order chi connectivity index (χ1) is 9.94. The van der Waals surface area contributed by atoms with Gasteiger partial charge in [0, 0.05) is 11.8 Å². The minimum Gasteiger partial charge on any atom is -0.412 e. The molecule has 112 valence electrons. The number of carbonyl (C=O) groups excluding carboxylic acids is 2. The topological polar surface area (TPSA) is 69.4 Å². The van der Waals surface area contributed by atoms with Crippen molar-refractivity contribution in [3.8, 4) is 5.75 Å². The first-order valence-corrected chi connectivity index (χ1v) is 7.51. The number of ketones is 2. The number of hydrogen-bond donors (Lipinski definition) is 1. The predicted octanol–water partition coefficient (Wildman–Crippen LogP) is 2.86. The Morgan fingerprint density at radius 1 is 1.19 bits per heavy atom. The first kappa shape index (κ1) is 14.3. The Morgan fingerprint density at radius 2 is 1.90 bits per heavy atom. The van der Waals surface area contributed by atoms with E-state index in [1.165, 1.54) is 0 Å². The van der Waals surface area contributed by atoms with Crippen LogP contribution in [0.2, 0.25) is 0 Å². The summed E-state index contributed by atoms with van der Waals surface area (Å²) in [4.78, 5) is 30.0. The highest BCUT2D eigenvalue weighted by atomic mass is 16.6. The molecule has 0 aliphatic heterocycles. The second-order valence-corrected chi connectivity index (χ2v) is 6.83. The number of nitrogens with two attached hydrogens (primary N) is 1. The molecule has 21 heavy (non-hydrogen) atoms. The van der Waals surface area contributed by atoms with Gasteiger partial charge in [0.2, 0.25) is 0 Å². The van der Waals surface area contributed by atoms with Crippen LogP contribution >= 0.6 is 0 Å². The Bertz CT molecular complexity index is 602. The number of hydrogen-bond acceptors (Lipinski definition) is 4. The number of rotatable bonds is 3. The summed E-state index contributed by atoms with van der Waals surface area (Å²) in [6, 6.07) is 5.53. The molecule has 4 heteroatoms. The van der Waals surface area contributed by atoms with Crippen LogP contribution in [0.5, 0.6) is 5.75 Å². The molecule has 3 rings (SSSR count).